The zero-order valence-corrected chi connectivity index (χ0v) is 11.8. The van der Waals surface area contributed by atoms with Crippen molar-refractivity contribution >= 4 is 11.4 Å². The van der Waals surface area contributed by atoms with Gasteiger partial charge in [-0.25, -0.2) is 0 Å². The van der Waals surface area contributed by atoms with Crippen LogP contribution in [0.5, 0.6) is 0 Å². The van der Waals surface area contributed by atoms with E-state index in [0.29, 0.717) is 0 Å². The predicted molar refractivity (Wildman–Crippen MR) is 80.5 cm³/mol. The molecule has 1 N–H and O–H groups in total. The lowest BCUT2D eigenvalue weighted by Crippen LogP contribution is -2.12. The normalized spacial score (nSPS) is 16.6. The van der Waals surface area contributed by atoms with E-state index in [4.69, 9.17) is 0 Å². The minimum absolute atomic E-state index is 0.965. The predicted octanol–water partition coefficient (Wildman–Crippen LogP) is 4.13. The molecule has 0 atom stereocenters. The highest BCUT2D eigenvalue weighted by molar-refractivity contribution is 5.54. The van der Waals surface area contributed by atoms with E-state index >= 15 is 0 Å². The molecule has 0 heterocycles. The highest BCUT2D eigenvalue weighted by Crippen LogP contribution is 2.26. The average Bonchev–Trinajstić information content (AvgIpc) is 2.40. The van der Waals surface area contributed by atoms with Gasteiger partial charge in [-0.05, 0) is 36.6 Å². The average molecular weight is 246 g/mol. The van der Waals surface area contributed by atoms with Gasteiger partial charge in [0, 0.05) is 32.0 Å². The molecule has 18 heavy (non-hydrogen) atoms. The minimum Gasteiger partial charge on any atom is -0.385 e. The number of hydrogen-bond acceptors (Lipinski definition) is 2. The summed E-state index contributed by atoms with van der Waals surface area (Å²) in [7, 11) is 4.15. The van der Waals surface area contributed by atoms with E-state index in [9.17, 15) is 0 Å². The second-order valence-electron chi connectivity index (χ2n) is 5.66. The Labute approximate surface area is 111 Å². The van der Waals surface area contributed by atoms with Gasteiger partial charge in [0.2, 0.25) is 0 Å². The SMILES string of the molecule is CN(C)c1ccc(NCCC2CCCCC2)cc1. The van der Waals surface area contributed by atoms with Crippen molar-refractivity contribution in [1.82, 2.24) is 0 Å². The minimum atomic E-state index is 0.965. The first-order chi connectivity index (χ1) is 8.75. The van der Waals surface area contributed by atoms with Gasteiger partial charge in [-0.2, -0.15) is 0 Å². The van der Waals surface area contributed by atoms with E-state index in [1.54, 1.807) is 0 Å². The summed E-state index contributed by atoms with van der Waals surface area (Å²) in [5.41, 5.74) is 2.50. The first kappa shape index (κ1) is 13.3. The van der Waals surface area contributed by atoms with E-state index in [0.717, 1.165) is 12.5 Å². The molecule has 0 bridgehead atoms. The molecule has 0 spiro atoms. The van der Waals surface area contributed by atoms with Crippen molar-refractivity contribution in [3.63, 3.8) is 0 Å². The van der Waals surface area contributed by atoms with E-state index in [1.807, 2.05) is 0 Å². The van der Waals surface area contributed by atoms with Crippen molar-refractivity contribution in [2.75, 3.05) is 30.9 Å². The second-order valence-corrected chi connectivity index (χ2v) is 5.66. The maximum Gasteiger partial charge on any atom is 0.0362 e. The van der Waals surface area contributed by atoms with Crippen molar-refractivity contribution in [2.45, 2.75) is 38.5 Å². The lowest BCUT2D eigenvalue weighted by Gasteiger charge is -2.21. The zero-order chi connectivity index (χ0) is 12.8. The fraction of sp³-hybridized carbons (Fsp3) is 0.625. The van der Waals surface area contributed by atoms with Crippen molar-refractivity contribution in [3.05, 3.63) is 24.3 Å². The number of hydrogen-bond donors (Lipinski definition) is 1. The smallest absolute Gasteiger partial charge is 0.0362 e. The first-order valence-electron chi connectivity index (χ1n) is 7.27. The number of anilines is 2. The lowest BCUT2D eigenvalue weighted by molar-refractivity contribution is 0.345. The van der Waals surface area contributed by atoms with Gasteiger partial charge in [-0.3, -0.25) is 0 Å². The van der Waals surface area contributed by atoms with Crippen LogP contribution in [0, 0.1) is 5.92 Å². The molecular formula is C16H26N2. The van der Waals surface area contributed by atoms with Gasteiger partial charge in [0.1, 0.15) is 0 Å². The van der Waals surface area contributed by atoms with E-state index in [2.05, 4.69) is 48.6 Å². The number of nitrogens with zero attached hydrogens (tertiary/aromatic N) is 1. The molecule has 0 saturated heterocycles. The summed E-state index contributed by atoms with van der Waals surface area (Å²) >= 11 is 0. The third-order valence-corrected chi connectivity index (χ3v) is 3.99. The van der Waals surface area contributed by atoms with Crippen LogP contribution in [0.25, 0.3) is 0 Å². The molecule has 1 aliphatic carbocycles. The summed E-state index contributed by atoms with van der Waals surface area (Å²) in [6.07, 6.45) is 8.57. The molecule has 1 saturated carbocycles. The molecule has 1 aromatic carbocycles. The number of rotatable bonds is 5. The Morgan fingerprint density at radius 1 is 1.06 bits per heavy atom. The molecule has 0 unspecified atom stereocenters. The fourth-order valence-corrected chi connectivity index (χ4v) is 2.77. The summed E-state index contributed by atoms with van der Waals surface area (Å²) in [4.78, 5) is 2.13. The Hall–Kier alpha value is -1.18. The second kappa shape index (κ2) is 6.67. The third kappa shape index (κ3) is 3.94. The number of benzene rings is 1. The molecule has 1 fully saturated rings. The van der Waals surface area contributed by atoms with Gasteiger partial charge >= 0.3 is 0 Å². The largest absolute Gasteiger partial charge is 0.385 e. The van der Waals surface area contributed by atoms with Crippen LogP contribution in [0.1, 0.15) is 38.5 Å². The quantitative estimate of drug-likeness (QED) is 0.840. The molecule has 100 valence electrons. The molecule has 2 nitrogen and oxygen atoms in total. The van der Waals surface area contributed by atoms with Crippen LogP contribution in [-0.4, -0.2) is 20.6 Å². The van der Waals surface area contributed by atoms with Crippen LogP contribution >= 0.6 is 0 Å². The fourth-order valence-electron chi connectivity index (χ4n) is 2.77. The Balaban J connectivity index is 1.72. The van der Waals surface area contributed by atoms with Crippen LogP contribution in [0.2, 0.25) is 0 Å². The van der Waals surface area contributed by atoms with Gasteiger partial charge < -0.3 is 10.2 Å². The first-order valence-corrected chi connectivity index (χ1v) is 7.27. The van der Waals surface area contributed by atoms with Gasteiger partial charge in [-0.15, -0.1) is 0 Å². The zero-order valence-electron chi connectivity index (χ0n) is 11.8. The molecule has 1 aliphatic rings. The maximum atomic E-state index is 3.54. The lowest BCUT2D eigenvalue weighted by atomic mass is 9.87. The summed E-state index contributed by atoms with van der Waals surface area (Å²) in [5, 5.41) is 3.54. The highest BCUT2D eigenvalue weighted by atomic mass is 15.1. The summed E-state index contributed by atoms with van der Waals surface area (Å²) < 4.78 is 0. The van der Waals surface area contributed by atoms with Crippen LogP contribution in [0.15, 0.2) is 24.3 Å². The summed E-state index contributed by atoms with van der Waals surface area (Å²) in [5.74, 6) is 0.965. The molecule has 0 radical (unpaired) electrons. The van der Waals surface area contributed by atoms with E-state index in [-0.39, 0.29) is 0 Å². The maximum absolute atomic E-state index is 3.54. The molecular weight excluding hydrogens is 220 g/mol. The molecule has 0 aliphatic heterocycles. The summed E-state index contributed by atoms with van der Waals surface area (Å²) in [6.45, 7) is 1.12. The standard InChI is InChI=1S/C16H26N2/c1-18(2)16-10-8-15(9-11-16)17-13-12-14-6-4-3-5-7-14/h8-11,14,17H,3-7,12-13H2,1-2H3. The molecule has 2 heteroatoms. The molecule has 0 amide bonds. The molecule has 2 rings (SSSR count). The van der Waals surface area contributed by atoms with E-state index < -0.39 is 0 Å². The van der Waals surface area contributed by atoms with Crippen molar-refractivity contribution in [1.29, 1.82) is 0 Å². The Morgan fingerprint density at radius 3 is 2.33 bits per heavy atom. The Morgan fingerprint density at radius 2 is 1.72 bits per heavy atom. The van der Waals surface area contributed by atoms with Gasteiger partial charge in [0.05, 0.1) is 0 Å². The van der Waals surface area contributed by atoms with Crippen LogP contribution in [-0.2, 0) is 0 Å². The Bertz CT molecular complexity index is 337. The van der Waals surface area contributed by atoms with Gasteiger partial charge in [-0.1, -0.05) is 32.1 Å². The molecule has 0 aromatic heterocycles. The Kier molecular flexibility index (Phi) is 4.91. The third-order valence-electron chi connectivity index (χ3n) is 3.99. The van der Waals surface area contributed by atoms with Crippen molar-refractivity contribution < 1.29 is 0 Å². The number of nitrogens with one attached hydrogen (secondary N) is 1. The van der Waals surface area contributed by atoms with Crippen LogP contribution in [0.3, 0.4) is 0 Å². The monoisotopic (exact) mass is 246 g/mol. The van der Waals surface area contributed by atoms with Gasteiger partial charge in [0.15, 0.2) is 0 Å². The van der Waals surface area contributed by atoms with Crippen molar-refractivity contribution in [3.8, 4) is 0 Å². The van der Waals surface area contributed by atoms with Crippen molar-refractivity contribution in [2.24, 2.45) is 5.92 Å². The van der Waals surface area contributed by atoms with Crippen LogP contribution in [0.4, 0.5) is 11.4 Å². The highest BCUT2D eigenvalue weighted by Gasteiger charge is 2.12. The van der Waals surface area contributed by atoms with Gasteiger partial charge in [0.25, 0.3) is 0 Å². The van der Waals surface area contributed by atoms with E-state index in [1.165, 1.54) is 49.9 Å². The topological polar surface area (TPSA) is 15.3 Å². The van der Waals surface area contributed by atoms with Crippen LogP contribution < -0.4 is 10.2 Å². The molecule has 1 aromatic rings. The summed E-state index contributed by atoms with van der Waals surface area (Å²) in [6, 6.07) is 8.69.